The Balaban J connectivity index is -0.000000122. The Kier molecular flexibility index (Phi) is 26.8. The molecule has 0 heterocycles. The average molecular weight is 550 g/mol. The van der Waals surface area contributed by atoms with Crippen LogP contribution < -0.4 is 5.19 Å². The molecule has 3 nitrogen and oxygen atoms in total. The third-order valence-corrected chi connectivity index (χ3v) is 3.75. The maximum atomic E-state index is 11.8. The molecule has 8 heteroatoms. The van der Waals surface area contributed by atoms with Gasteiger partial charge in [0.2, 0.25) is 0 Å². The molecule has 3 atom stereocenters. The molecule has 1 rings (SSSR count). The number of hydrogen-bond donors (Lipinski definition) is 3. The predicted molar refractivity (Wildman–Crippen MR) is 96.7 cm³/mol. The van der Waals surface area contributed by atoms with Gasteiger partial charge in [0, 0.05) is 25.8 Å². The molecule has 1 aromatic carbocycles. The molecule has 0 radical (unpaired) electrons. The molecule has 25 heavy (non-hydrogen) atoms. The molecule has 0 aromatic heterocycles. The molecule has 0 aliphatic rings. The fourth-order valence-electron chi connectivity index (χ4n) is 0.563. The van der Waals surface area contributed by atoms with Crippen LogP contribution in [0.5, 0.6) is 0 Å². The Bertz CT molecular complexity index is 324. The van der Waals surface area contributed by atoms with Gasteiger partial charge in [-0.25, -0.2) is 24.5 Å². The second kappa shape index (κ2) is 20.4. The number of aliphatic hydroxyl groups is 3. The van der Waals surface area contributed by atoms with Crippen LogP contribution in [-0.4, -0.2) is 42.7 Å². The first kappa shape index (κ1) is 32.8. The minimum absolute atomic E-state index is 0. The number of halogens is 3. The van der Waals surface area contributed by atoms with Crippen molar-refractivity contribution in [3.05, 3.63) is 24.3 Å². The van der Waals surface area contributed by atoms with E-state index in [1.165, 1.54) is 12.1 Å². The topological polar surface area (TPSA) is 60.7 Å². The molecule has 0 amide bonds. The summed E-state index contributed by atoms with van der Waals surface area (Å²) in [7, 11) is -5.48. The van der Waals surface area contributed by atoms with Crippen molar-refractivity contribution < 1.29 is 53.5 Å². The number of rotatable bonds is 4. The molecule has 1 aromatic rings. The largest absolute Gasteiger partial charge is 0.584 e. The summed E-state index contributed by atoms with van der Waals surface area (Å²) in [4.78, 5) is 0. The maximum Gasteiger partial charge on any atom is 0.584 e. The van der Waals surface area contributed by atoms with Crippen LogP contribution >= 0.6 is 0 Å². The summed E-state index contributed by atoms with van der Waals surface area (Å²) < 4.78 is 35.3. The fraction of sp³-hybridized carbons (Fsp3) is 0.706. The summed E-state index contributed by atoms with van der Waals surface area (Å²) in [5, 5.41) is 24.6. The van der Waals surface area contributed by atoms with Crippen molar-refractivity contribution in [3.8, 4) is 0 Å². The average Bonchev–Trinajstić information content (AvgIpc) is 3.03. The van der Waals surface area contributed by atoms with Gasteiger partial charge in [0.1, 0.15) is 0 Å². The fourth-order valence-corrected chi connectivity index (χ4v) is 1.13. The molecule has 0 spiro atoms. The Morgan fingerprint density at radius 3 is 1.04 bits per heavy atom. The molecule has 150 valence electrons. The van der Waals surface area contributed by atoms with Gasteiger partial charge in [-0.1, -0.05) is 26.0 Å². The van der Waals surface area contributed by atoms with Crippen LogP contribution in [0.1, 0.15) is 60.8 Å². The van der Waals surface area contributed by atoms with Crippen molar-refractivity contribution in [1.29, 1.82) is 0 Å². The molecule has 0 saturated carbocycles. The minimum Gasteiger partial charge on any atom is -0.393 e. The smallest absolute Gasteiger partial charge is 0.393 e. The molecule has 0 fully saturated rings. The van der Waals surface area contributed by atoms with E-state index < -0.39 is 14.3 Å². The first-order chi connectivity index (χ1) is 10.9. The Morgan fingerprint density at radius 1 is 0.760 bits per heavy atom. The van der Waals surface area contributed by atoms with E-state index in [2.05, 4.69) is 0 Å². The van der Waals surface area contributed by atoms with Gasteiger partial charge in [0.05, 0.1) is 18.3 Å². The van der Waals surface area contributed by atoms with Crippen LogP contribution in [0.3, 0.4) is 0 Å². The summed E-state index contributed by atoms with van der Waals surface area (Å²) in [6.07, 6.45) is 2.24. The second-order valence-electron chi connectivity index (χ2n) is 5.44. The molecule has 3 N–H and O–H groups in total. The maximum absolute atomic E-state index is 11.8. The number of aliphatic hydroxyl groups excluding tert-OH is 3. The molecular weight excluding hydrogens is 516 g/mol. The van der Waals surface area contributed by atoms with Gasteiger partial charge in [-0.15, -0.1) is 0 Å². The van der Waals surface area contributed by atoms with Gasteiger partial charge in [0.25, 0.3) is 0 Å². The monoisotopic (exact) mass is 551 g/mol. The minimum atomic E-state index is -5.48. The van der Waals surface area contributed by atoms with Crippen molar-refractivity contribution in [2.24, 2.45) is 0 Å². The van der Waals surface area contributed by atoms with Gasteiger partial charge in [0.15, 0.2) is 0 Å². The van der Waals surface area contributed by atoms with Gasteiger partial charge < -0.3 is 15.3 Å². The van der Waals surface area contributed by atoms with Crippen molar-refractivity contribution in [1.82, 2.24) is 0 Å². The Morgan fingerprint density at radius 2 is 0.960 bits per heavy atom. The van der Waals surface area contributed by atoms with Crippen molar-refractivity contribution in [2.45, 2.75) is 79.1 Å². The molecule has 0 aliphatic heterocycles. The van der Waals surface area contributed by atoms with Gasteiger partial charge in [-0.2, -0.15) is 12.1 Å². The number of hydrogen-bond acceptors (Lipinski definition) is 3. The van der Waals surface area contributed by atoms with Crippen molar-refractivity contribution >= 4 is 14.3 Å². The first-order valence-electron chi connectivity index (χ1n) is 8.25. The van der Waals surface area contributed by atoms with Crippen molar-refractivity contribution in [2.75, 3.05) is 0 Å². The molecular formula is C17H34F3HfO3Si-. The predicted octanol–water partition coefficient (Wildman–Crippen LogP) is 3.79. The summed E-state index contributed by atoms with van der Waals surface area (Å²) in [5.74, 6) is 0. The van der Waals surface area contributed by atoms with Crippen LogP contribution in [0.4, 0.5) is 12.3 Å². The summed E-state index contributed by atoms with van der Waals surface area (Å²) in [5.41, 5.74) is 0. The van der Waals surface area contributed by atoms with E-state index >= 15 is 0 Å². The summed E-state index contributed by atoms with van der Waals surface area (Å²) in [6.45, 7) is 11.2. The van der Waals surface area contributed by atoms with E-state index in [0.717, 1.165) is 31.4 Å². The third-order valence-electron chi connectivity index (χ3n) is 2.76. The van der Waals surface area contributed by atoms with Crippen LogP contribution in [0.2, 0.25) is 0 Å². The SMILES string of the molecule is CCC(C)O.CCC(C)O.CCC(C)O.F[Si](F)(F)[c-]1cccc1.[Hf]. The zero-order valence-corrected chi connectivity index (χ0v) is 20.7. The van der Waals surface area contributed by atoms with Crippen LogP contribution in [0.25, 0.3) is 0 Å². The van der Waals surface area contributed by atoms with Gasteiger partial charge >= 0.3 is 9.08 Å². The molecule has 3 unspecified atom stereocenters. The zero-order valence-electron chi connectivity index (χ0n) is 16.1. The summed E-state index contributed by atoms with van der Waals surface area (Å²) in [6, 6.07) is 5.00. The van der Waals surface area contributed by atoms with Crippen LogP contribution in [0, 0.1) is 0 Å². The van der Waals surface area contributed by atoms with E-state index in [1.54, 1.807) is 20.8 Å². The third kappa shape index (κ3) is 32.3. The normalized spacial score (nSPS) is 13.3. The van der Waals surface area contributed by atoms with E-state index in [4.69, 9.17) is 15.3 Å². The first-order valence-corrected chi connectivity index (χ1v) is 9.88. The van der Waals surface area contributed by atoms with Gasteiger partial charge in [-0.3, -0.25) is 0 Å². The standard InChI is InChI=1S/C5H4F3Si.3C4H10O.Hf/c6-9(7,8)5-3-1-2-4-5;3*1-3-4(2)5;/h1-4H;3*4-5H,3H2,1-2H3;/q-1;;;;. The van der Waals surface area contributed by atoms with E-state index in [9.17, 15) is 12.3 Å². The Labute approximate surface area is 171 Å². The van der Waals surface area contributed by atoms with Crippen molar-refractivity contribution in [3.63, 3.8) is 0 Å². The Hall–Kier alpha value is 0.107. The molecule has 0 bridgehead atoms. The van der Waals surface area contributed by atoms with Crippen LogP contribution in [-0.2, 0) is 25.8 Å². The van der Waals surface area contributed by atoms with E-state index in [-0.39, 0.29) is 44.2 Å². The van der Waals surface area contributed by atoms with E-state index in [0.29, 0.717) is 0 Å². The quantitative estimate of drug-likeness (QED) is 0.304. The molecule has 0 saturated heterocycles. The van der Waals surface area contributed by atoms with Gasteiger partial charge in [-0.05, 0) is 40.0 Å². The zero-order chi connectivity index (χ0) is 19.8. The molecule has 0 aliphatic carbocycles. The van der Waals surface area contributed by atoms with Crippen LogP contribution in [0.15, 0.2) is 24.3 Å². The van der Waals surface area contributed by atoms with E-state index in [1.807, 2.05) is 20.8 Å². The summed E-state index contributed by atoms with van der Waals surface area (Å²) >= 11 is 0. The second-order valence-corrected chi connectivity index (χ2v) is 7.02.